The Labute approximate surface area is 229 Å². The number of hydrogen-bond donors (Lipinski definition) is 9. The van der Waals surface area contributed by atoms with E-state index in [0.29, 0.717) is 5.56 Å². The van der Waals surface area contributed by atoms with Crippen LogP contribution >= 0.6 is 0 Å². The lowest BCUT2D eigenvalue weighted by Crippen LogP contribution is -2.58. The summed E-state index contributed by atoms with van der Waals surface area (Å²) in [5.74, 6) is -6.32. The van der Waals surface area contributed by atoms with Gasteiger partial charge in [-0.2, -0.15) is 0 Å². The van der Waals surface area contributed by atoms with Gasteiger partial charge in [0, 0.05) is 19.4 Å². The number of hydrogen-bond acceptors (Lipinski definition) is 8. The molecule has 0 saturated heterocycles. The van der Waals surface area contributed by atoms with Gasteiger partial charge in [0.05, 0.1) is 12.5 Å². The van der Waals surface area contributed by atoms with E-state index in [1.807, 2.05) is 0 Å². The summed E-state index contributed by atoms with van der Waals surface area (Å²) in [5, 5.41) is 25.4. The average Bonchev–Trinajstić information content (AvgIpc) is 2.87. The topological polar surface area (TPSA) is 295 Å². The summed E-state index contributed by atoms with van der Waals surface area (Å²) in [6, 6.07) is 3.02. The van der Waals surface area contributed by atoms with Crippen LogP contribution in [0.4, 0.5) is 0 Å². The van der Waals surface area contributed by atoms with Crippen LogP contribution < -0.4 is 38.9 Å². The van der Waals surface area contributed by atoms with E-state index in [4.69, 9.17) is 28.0 Å². The van der Waals surface area contributed by atoms with Gasteiger partial charge in [-0.1, -0.05) is 30.3 Å². The fourth-order valence-corrected chi connectivity index (χ4v) is 3.46. The maximum Gasteiger partial charge on any atom is 0.326 e. The third-order valence-electron chi connectivity index (χ3n) is 5.52. The molecule has 0 aliphatic carbocycles. The first-order valence-corrected chi connectivity index (χ1v) is 12.3. The third-order valence-corrected chi connectivity index (χ3v) is 5.52. The molecule has 0 spiro atoms. The molecule has 4 amide bonds. The Morgan fingerprint density at radius 1 is 0.800 bits per heavy atom. The summed E-state index contributed by atoms with van der Waals surface area (Å²) in [6.45, 7) is 0.134. The molecule has 0 aliphatic rings. The third kappa shape index (κ3) is 13.2. The lowest BCUT2D eigenvalue weighted by Gasteiger charge is -2.25. The molecule has 0 fully saturated rings. The van der Waals surface area contributed by atoms with Crippen molar-refractivity contribution in [3.63, 3.8) is 0 Å². The zero-order valence-corrected chi connectivity index (χ0v) is 21.7. The molecule has 40 heavy (non-hydrogen) atoms. The highest BCUT2D eigenvalue weighted by Gasteiger charge is 2.31. The lowest BCUT2D eigenvalue weighted by molar-refractivity contribution is -0.142. The molecule has 1 rings (SSSR count). The van der Waals surface area contributed by atoms with Gasteiger partial charge < -0.3 is 49.1 Å². The number of nitrogens with two attached hydrogens (primary N) is 4. The zero-order chi connectivity index (χ0) is 30.2. The molecule has 13 N–H and O–H groups in total. The highest BCUT2D eigenvalue weighted by Crippen LogP contribution is 2.07. The van der Waals surface area contributed by atoms with Crippen LogP contribution in [-0.4, -0.2) is 82.5 Å². The Hall–Kier alpha value is -4.73. The van der Waals surface area contributed by atoms with Crippen LogP contribution in [0.15, 0.2) is 35.3 Å². The molecule has 0 aromatic heterocycles. The maximum absolute atomic E-state index is 13.2. The minimum atomic E-state index is -1.54. The predicted molar refractivity (Wildman–Crippen MR) is 142 cm³/mol. The highest BCUT2D eigenvalue weighted by molar-refractivity contribution is 5.96. The molecule has 4 atom stereocenters. The van der Waals surface area contributed by atoms with Crippen molar-refractivity contribution in [2.45, 2.75) is 62.7 Å². The smallest absolute Gasteiger partial charge is 0.326 e. The molecule has 1 aromatic carbocycles. The van der Waals surface area contributed by atoms with Crippen molar-refractivity contribution < 1.29 is 39.0 Å². The van der Waals surface area contributed by atoms with E-state index in [-0.39, 0.29) is 38.2 Å². The average molecular weight is 565 g/mol. The van der Waals surface area contributed by atoms with Gasteiger partial charge in [-0.15, -0.1) is 0 Å². The number of aliphatic imine (C=N–C) groups is 1. The number of carboxylic acid groups (broad SMARTS) is 2. The van der Waals surface area contributed by atoms with Crippen LogP contribution in [0.3, 0.4) is 0 Å². The normalized spacial score (nSPS) is 13.5. The number of carbonyl (C=O) groups excluding carboxylic acids is 4. The van der Waals surface area contributed by atoms with Crippen LogP contribution in [0.25, 0.3) is 0 Å². The van der Waals surface area contributed by atoms with Gasteiger partial charge in [0.2, 0.25) is 23.6 Å². The number of amides is 4. The summed E-state index contributed by atoms with van der Waals surface area (Å²) < 4.78 is 0. The molecule has 0 heterocycles. The van der Waals surface area contributed by atoms with E-state index in [1.165, 1.54) is 0 Å². The second kappa shape index (κ2) is 17.0. The van der Waals surface area contributed by atoms with E-state index < -0.39 is 72.6 Å². The van der Waals surface area contributed by atoms with Gasteiger partial charge in [0.1, 0.15) is 18.1 Å². The van der Waals surface area contributed by atoms with Crippen molar-refractivity contribution in [1.29, 1.82) is 0 Å². The fraction of sp³-hybridized carbons (Fsp3) is 0.458. The molecule has 16 nitrogen and oxygen atoms in total. The molecular formula is C24H36N8O8. The minimum Gasteiger partial charge on any atom is -0.481 e. The lowest BCUT2D eigenvalue weighted by atomic mass is 10.0. The van der Waals surface area contributed by atoms with E-state index in [2.05, 4.69) is 20.9 Å². The number of guanidine groups is 1. The van der Waals surface area contributed by atoms with Crippen molar-refractivity contribution in [2.75, 3.05) is 6.54 Å². The number of primary amides is 1. The van der Waals surface area contributed by atoms with Crippen LogP contribution in [-0.2, 0) is 35.2 Å². The second-order valence-electron chi connectivity index (χ2n) is 8.87. The van der Waals surface area contributed by atoms with Crippen molar-refractivity contribution in [3.8, 4) is 0 Å². The molecule has 16 heteroatoms. The van der Waals surface area contributed by atoms with E-state index in [1.54, 1.807) is 30.3 Å². The molecule has 0 aliphatic heterocycles. The first kappa shape index (κ1) is 33.3. The largest absolute Gasteiger partial charge is 0.481 e. The Morgan fingerprint density at radius 3 is 1.93 bits per heavy atom. The monoisotopic (exact) mass is 564 g/mol. The number of benzene rings is 1. The second-order valence-corrected chi connectivity index (χ2v) is 8.87. The fourth-order valence-electron chi connectivity index (χ4n) is 3.46. The van der Waals surface area contributed by atoms with Crippen LogP contribution in [0, 0.1) is 0 Å². The van der Waals surface area contributed by atoms with E-state index >= 15 is 0 Å². The number of aliphatic carboxylic acids is 2. The summed E-state index contributed by atoms with van der Waals surface area (Å²) in [6.07, 6.45) is -1.13. The van der Waals surface area contributed by atoms with E-state index in [0.717, 1.165) is 0 Å². The Kier molecular flexibility index (Phi) is 14.1. The number of nitrogens with zero attached hydrogens (tertiary/aromatic N) is 1. The Bertz CT molecular complexity index is 1080. The maximum atomic E-state index is 13.2. The molecule has 0 saturated carbocycles. The number of rotatable bonds is 18. The summed E-state index contributed by atoms with van der Waals surface area (Å²) in [7, 11) is 0. The van der Waals surface area contributed by atoms with Gasteiger partial charge in [-0.25, -0.2) is 4.79 Å². The van der Waals surface area contributed by atoms with Crippen LogP contribution in [0.1, 0.15) is 37.7 Å². The first-order chi connectivity index (χ1) is 18.8. The quantitative estimate of drug-likeness (QED) is 0.0488. The molecule has 220 valence electrons. The van der Waals surface area contributed by atoms with Crippen molar-refractivity contribution in [1.82, 2.24) is 16.0 Å². The first-order valence-electron chi connectivity index (χ1n) is 12.3. The number of carboxylic acids is 2. The van der Waals surface area contributed by atoms with E-state index in [9.17, 15) is 33.9 Å². The highest BCUT2D eigenvalue weighted by atomic mass is 16.4. The Balaban J connectivity index is 3.09. The molecular weight excluding hydrogens is 528 g/mol. The number of carbonyl (C=O) groups is 6. The van der Waals surface area contributed by atoms with Gasteiger partial charge in [0.15, 0.2) is 5.96 Å². The molecule has 4 unspecified atom stereocenters. The predicted octanol–water partition coefficient (Wildman–Crippen LogP) is -3.11. The summed E-state index contributed by atoms with van der Waals surface area (Å²) in [4.78, 5) is 76.5. The van der Waals surface area contributed by atoms with Gasteiger partial charge in [-0.05, 0) is 24.8 Å². The van der Waals surface area contributed by atoms with Gasteiger partial charge in [0.25, 0.3) is 0 Å². The minimum absolute atomic E-state index is 0.0154. The SMILES string of the molecule is NC(=O)CC(NC(=O)C(N)CCC(=O)O)C(=O)NC(Cc1ccccc1)C(=O)NC(CCCN=C(N)N)C(=O)O. The molecule has 1 aromatic rings. The number of nitrogens with one attached hydrogen (secondary N) is 3. The Morgan fingerprint density at radius 2 is 1.38 bits per heavy atom. The van der Waals surface area contributed by atoms with Crippen molar-refractivity contribution in [2.24, 2.45) is 27.9 Å². The van der Waals surface area contributed by atoms with Crippen molar-refractivity contribution >= 4 is 41.5 Å². The summed E-state index contributed by atoms with van der Waals surface area (Å²) >= 11 is 0. The summed E-state index contributed by atoms with van der Waals surface area (Å²) in [5.41, 5.74) is 22.0. The van der Waals surface area contributed by atoms with Crippen molar-refractivity contribution in [3.05, 3.63) is 35.9 Å². The van der Waals surface area contributed by atoms with Crippen LogP contribution in [0.2, 0.25) is 0 Å². The molecule has 0 radical (unpaired) electrons. The van der Waals surface area contributed by atoms with Crippen LogP contribution in [0.5, 0.6) is 0 Å². The standard InChI is InChI=1S/C24H36N8O8/c25-14(8-9-19(34)35)20(36)31-17(12-18(26)33)22(38)32-16(11-13-5-2-1-3-6-13)21(37)30-15(23(39)40)7-4-10-29-24(27)28/h1-3,5-6,14-17H,4,7-12,25H2,(H2,26,33)(H,30,37)(H,31,36)(H,32,38)(H,34,35)(H,39,40)(H4,27,28,29). The molecule has 0 bridgehead atoms. The van der Waals surface area contributed by atoms with Gasteiger partial charge >= 0.3 is 11.9 Å². The zero-order valence-electron chi connectivity index (χ0n) is 21.7. The van der Waals surface area contributed by atoms with Gasteiger partial charge in [-0.3, -0.25) is 29.0 Å².